The molecular weight excluding hydrogens is 267 g/mol. The molecule has 0 radical (unpaired) electrons. The number of likely N-dealkylation sites (N-methyl/N-ethyl adjacent to an activating group) is 1. The minimum atomic E-state index is -1.15. The molecule has 0 bridgehead atoms. The number of nitro benzene ring substituents is 1. The molecular formula is C13H19FN2O4. The molecule has 20 heavy (non-hydrogen) atoms. The van der Waals surface area contributed by atoms with Crippen LogP contribution in [-0.2, 0) is 0 Å². The Morgan fingerprint density at radius 2 is 2.20 bits per heavy atom. The maximum absolute atomic E-state index is 13.7. The van der Waals surface area contributed by atoms with Crippen molar-refractivity contribution >= 4 is 5.69 Å². The maximum Gasteiger partial charge on any atom is 0.275 e. The number of aryl methyl sites for hydroxylation is 1. The van der Waals surface area contributed by atoms with E-state index in [2.05, 4.69) is 5.32 Å². The average molecular weight is 286 g/mol. The third kappa shape index (κ3) is 4.43. The van der Waals surface area contributed by atoms with Gasteiger partial charge in [-0.05, 0) is 26.5 Å². The fraction of sp³-hybridized carbons (Fsp3) is 0.538. The molecule has 0 saturated carbocycles. The Bertz CT molecular complexity index is 492. The molecule has 0 aliphatic carbocycles. The van der Waals surface area contributed by atoms with Gasteiger partial charge in [-0.1, -0.05) is 6.92 Å². The molecule has 0 saturated heterocycles. The Balaban J connectivity index is 2.79. The zero-order chi connectivity index (χ0) is 15.3. The lowest BCUT2D eigenvalue weighted by Crippen LogP contribution is -2.42. The number of nitrogens with zero attached hydrogens (tertiary/aromatic N) is 1. The first-order valence-corrected chi connectivity index (χ1v) is 6.27. The Morgan fingerprint density at radius 3 is 2.75 bits per heavy atom. The van der Waals surface area contributed by atoms with Crippen LogP contribution in [0.2, 0.25) is 0 Å². The van der Waals surface area contributed by atoms with Gasteiger partial charge in [-0.3, -0.25) is 10.1 Å². The topological polar surface area (TPSA) is 84.6 Å². The molecule has 2 N–H and O–H groups in total. The lowest BCUT2D eigenvalue weighted by atomic mass is 10.1. The van der Waals surface area contributed by atoms with Crippen molar-refractivity contribution in [3.05, 3.63) is 33.6 Å². The first kappa shape index (κ1) is 16.3. The predicted octanol–water partition coefficient (Wildman–Crippen LogP) is 1.78. The third-order valence-electron chi connectivity index (χ3n) is 2.74. The van der Waals surface area contributed by atoms with Crippen molar-refractivity contribution < 1.29 is 19.2 Å². The SMILES string of the molecule is CCNCC(C)(O)COc1cc(C)c([N+](=O)[O-])cc1F. The average Bonchev–Trinajstić information content (AvgIpc) is 2.36. The minimum Gasteiger partial charge on any atom is -0.487 e. The Labute approximate surface area is 116 Å². The van der Waals surface area contributed by atoms with Crippen molar-refractivity contribution in [2.45, 2.75) is 26.4 Å². The zero-order valence-electron chi connectivity index (χ0n) is 11.8. The standard InChI is InChI=1S/C13H19FN2O4/c1-4-15-7-13(3,17)8-20-12-5-9(2)11(16(18)19)6-10(12)14/h5-6,15,17H,4,7-8H2,1-3H3. The van der Waals surface area contributed by atoms with Gasteiger partial charge in [0.15, 0.2) is 11.6 Å². The number of ether oxygens (including phenoxy) is 1. The number of rotatable bonds is 7. The monoisotopic (exact) mass is 286 g/mol. The second kappa shape index (κ2) is 6.62. The van der Waals surface area contributed by atoms with Crippen molar-refractivity contribution in [2.24, 2.45) is 0 Å². The third-order valence-corrected chi connectivity index (χ3v) is 2.74. The van der Waals surface area contributed by atoms with E-state index in [0.717, 1.165) is 6.07 Å². The highest BCUT2D eigenvalue weighted by Crippen LogP contribution is 2.27. The highest BCUT2D eigenvalue weighted by atomic mass is 19.1. The van der Waals surface area contributed by atoms with Crippen LogP contribution in [0.15, 0.2) is 12.1 Å². The largest absolute Gasteiger partial charge is 0.487 e. The molecule has 0 aromatic heterocycles. The maximum atomic E-state index is 13.7. The smallest absolute Gasteiger partial charge is 0.275 e. The summed E-state index contributed by atoms with van der Waals surface area (Å²) in [4.78, 5) is 10.0. The summed E-state index contributed by atoms with van der Waals surface area (Å²) in [6, 6.07) is 2.08. The molecule has 1 aromatic carbocycles. The lowest BCUT2D eigenvalue weighted by Gasteiger charge is -2.23. The quantitative estimate of drug-likeness (QED) is 0.589. The van der Waals surface area contributed by atoms with Crippen LogP contribution >= 0.6 is 0 Å². The highest BCUT2D eigenvalue weighted by molar-refractivity contribution is 5.45. The van der Waals surface area contributed by atoms with Crippen LogP contribution in [-0.4, -0.2) is 35.3 Å². The van der Waals surface area contributed by atoms with Gasteiger partial charge in [0.2, 0.25) is 0 Å². The molecule has 0 spiro atoms. The summed E-state index contributed by atoms with van der Waals surface area (Å²) >= 11 is 0. The van der Waals surface area contributed by atoms with E-state index in [1.54, 1.807) is 6.92 Å². The van der Waals surface area contributed by atoms with Gasteiger partial charge in [-0.15, -0.1) is 0 Å². The van der Waals surface area contributed by atoms with Gasteiger partial charge in [0.1, 0.15) is 12.2 Å². The van der Waals surface area contributed by atoms with Gasteiger partial charge in [0.05, 0.1) is 11.0 Å². The number of halogens is 1. The molecule has 1 unspecified atom stereocenters. The summed E-state index contributed by atoms with van der Waals surface area (Å²) in [6.45, 7) is 5.84. The van der Waals surface area contributed by atoms with E-state index in [1.165, 1.54) is 13.0 Å². The van der Waals surface area contributed by atoms with Crippen molar-refractivity contribution in [3.8, 4) is 5.75 Å². The van der Waals surface area contributed by atoms with Crippen LogP contribution in [0.3, 0.4) is 0 Å². The molecule has 112 valence electrons. The van der Waals surface area contributed by atoms with Gasteiger partial charge >= 0.3 is 0 Å². The number of aliphatic hydroxyl groups is 1. The Morgan fingerprint density at radius 1 is 1.55 bits per heavy atom. The van der Waals surface area contributed by atoms with E-state index < -0.39 is 16.3 Å². The van der Waals surface area contributed by atoms with E-state index in [0.29, 0.717) is 18.7 Å². The normalized spacial score (nSPS) is 13.8. The van der Waals surface area contributed by atoms with Crippen LogP contribution in [0.4, 0.5) is 10.1 Å². The molecule has 6 nitrogen and oxygen atoms in total. The second-order valence-corrected chi connectivity index (χ2v) is 4.89. The number of hydrogen-bond acceptors (Lipinski definition) is 5. The lowest BCUT2D eigenvalue weighted by molar-refractivity contribution is -0.385. The van der Waals surface area contributed by atoms with Gasteiger partial charge in [0, 0.05) is 12.1 Å². The minimum absolute atomic E-state index is 0.107. The van der Waals surface area contributed by atoms with E-state index in [1.807, 2.05) is 6.92 Å². The number of hydrogen-bond donors (Lipinski definition) is 2. The van der Waals surface area contributed by atoms with E-state index in [9.17, 15) is 19.6 Å². The molecule has 1 aromatic rings. The van der Waals surface area contributed by atoms with Crippen LogP contribution in [0.1, 0.15) is 19.4 Å². The van der Waals surface area contributed by atoms with Crippen molar-refractivity contribution in [2.75, 3.05) is 19.7 Å². The summed E-state index contributed by atoms with van der Waals surface area (Å²) in [7, 11) is 0. The molecule has 0 fully saturated rings. The Hall–Kier alpha value is -1.73. The molecule has 1 atom stereocenters. The number of nitro groups is 1. The summed E-state index contributed by atoms with van der Waals surface area (Å²) in [5, 5.41) is 23.6. The predicted molar refractivity (Wildman–Crippen MR) is 72.5 cm³/mol. The zero-order valence-corrected chi connectivity index (χ0v) is 11.8. The van der Waals surface area contributed by atoms with E-state index in [-0.39, 0.29) is 18.0 Å². The van der Waals surface area contributed by atoms with Gasteiger partial charge in [-0.2, -0.15) is 0 Å². The summed E-state index contributed by atoms with van der Waals surface area (Å²) < 4.78 is 18.9. The highest BCUT2D eigenvalue weighted by Gasteiger charge is 2.23. The molecule has 1 rings (SSSR count). The first-order chi connectivity index (χ1) is 9.26. The van der Waals surface area contributed by atoms with Crippen LogP contribution in [0, 0.1) is 22.9 Å². The molecule has 0 aliphatic rings. The van der Waals surface area contributed by atoms with Gasteiger partial charge in [0.25, 0.3) is 5.69 Å². The first-order valence-electron chi connectivity index (χ1n) is 6.27. The van der Waals surface area contributed by atoms with Crippen molar-refractivity contribution in [1.82, 2.24) is 5.32 Å². The molecule has 0 amide bonds. The fourth-order valence-corrected chi connectivity index (χ4v) is 1.63. The second-order valence-electron chi connectivity index (χ2n) is 4.89. The van der Waals surface area contributed by atoms with Gasteiger partial charge < -0.3 is 15.2 Å². The summed E-state index contributed by atoms with van der Waals surface area (Å²) in [6.07, 6.45) is 0. The molecule has 7 heteroatoms. The molecule has 0 aliphatic heterocycles. The Kier molecular flexibility index (Phi) is 5.41. The van der Waals surface area contributed by atoms with Crippen LogP contribution in [0.25, 0.3) is 0 Å². The number of nitrogens with one attached hydrogen (secondary N) is 1. The number of benzene rings is 1. The van der Waals surface area contributed by atoms with Crippen LogP contribution < -0.4 is 10.1 Å². The van der Waals surface area contributed by atoms with Crippen molar-refractivity contribution in [3.63, 3.8) is 0 Å². The van der Waals surface area contributed by atoms with Crippen molar-refractivity contribution in [1.29, 1.82) is 0 Å². The van der Waals surface area contributed by atoms with Gasteiger partial charge in [-0.25, -0.2) is 4.39 Å². The van der Waals surface area contributed by atoms with Crippen LogP contribution in [0.5, 0.6) is 5.75 Å². The summed E-state index contributed by atoms with van der Waals surface area (Å²) in [5.74, 6) is -0.925. The van der Waals surface area contributed by atoms with E-state index in [4.69, 9.17) is 4.74 Å². The molecule has 0 heterocycles. The fourth-order valence-electron chi connectivity index (χ4n) is 1.63. The summed E-state index contributed by atoms with van der Waals surface area (Å²) in [5.41, 5.74) is -1.15. The van der Waals surface area contributed by atoms with E-state index >= 15 is 0 Å².